The van der Waals surface area contributed by atoms with Crippen molar-refractivity contribution >= 4 is 11.9 Å². The Morgan fingerprint density at radius 2 is 2.00 bits per heavy atom. The van der Waals surface area contributed by atoms with Gasteiger partial charge in [0.15, 0.2) is 0 Å². The van der Waals surface area contributed by atoms with Crippen molar-refractivity contribution in [1.29, 1.82) is 0 Å². The number of allylic oxidation sites excluding steroid dienone is 2. The van der Waals surface area contributed by atoms with Crippen LogP contribution in [-0.4, -0.2) is 22.2 Å². The van der Waals surface area contributed by atoms with Gasteiger partial charge in [-0.25, -0.2) is 9.18 Å². The first kappa shape index (κ1) is 10.4. The molecule has 0 spiro atoms. The molecule has 0 aromatic rings. The Hall–Kier alpha value is -1.65. The number of halogens is 1. The van der Waals surface area contributed by atoms with Crippen LogP contribution in [0.1, 0.15) is 13.3 Å². The van der Waals surface area contributed by atoms with Crippen molar-refractivity contribution in [2.75, 3.05) is 0 Å². The first-order valence-corrected chi connectivity index (χ1v) is 3.91. The Balaban J connectivity index is 3.09. The molecule has 0 bridgehead atoms. The van der Waals surface area contributed by atoms with E-state index in [2.05, 4.69) is 0 Å². The first-order valence-electron chi connectivity index (χ1n) is 3.91. The summed E-state index contributed by atoms with van der Waals surface area (Å²) in [6.07, 6.45) is 1.64. The van der Waals surface area contributed by atoms with Crippen molar-refractivity contribution < 1.29 is 24.2 Å². The predicted molar refractivity (Wildman–Crippen MR) is 45.3 cm³/mol. The minimum atomic E-state index is -1.75. The molecule has 1 rings (SSSR count). The van der Waals surface area contributed by atoms with E-state index >= 15 is 0 Å². The third-order valence-electron chi connectivity index (χ3n) is 2.25. The Bertz CT molecular complexity index is 356. The molecule has 0 saturated carbocycles. The summed E-state index contributed by atoms with van der Waals surface area (Å²) in [4.78, 5) is 21.3. The van der Waals surface area contributed by atoms with Crippen molar-refractivity contribution in [3.8, 4) is 0 Å². The second-order valence-corrected chi connectivity index (χ2v) is 3.33. The zero-order valence-electron chi connectivity index (χ0n) is 7.45. The molecule has 5 heteroatoms. The molecule has 4 nitrogen and oxygen atoms in total. The molecule has 0 aromatic carbocycles. The van der Waals surface area contributed by atoms with Gasteiger partial charge in [-0.05, 0) is 19.1 Å². The highest BCUT2D eigenvalue weighted by atomic mass is 19.1. The van der Waals surface area contributed by atoms with Crippen LogP contribution in [0.3, 0.4) is 0 Å². The lowest BCUT2D eigenvalue weighted by atomic mass is 9.79. The normalized spacial score (nSPS) is 26.4. The molecule has 2 N–H and O–H groups in total. The number of carbonyl (C=O) groups is 2. The largest absolute Gasteiger partial charge is 0.481 e. The summed E-state index contributed by atoms with van der Waals surface area (Å²) in [6, 6.07) is 0. The maximum absolute atomic E-state index is 13.2. The van der Waals surface area contributed by atoms with Gasteiger partial charge in [0.25, 0.3) is 0 Å². The van der Waals surface area contributed by atoms with E-state index in [4.69, 9.17) is 10.2 Å². The van der Waals surface area contributed by atoms with Crippen LogP contribution in [0.4, 0.5) is 4.39 Å². The molecule has 0 saturated heterocycles. The summed E-state index contributed by atoms with van der Waals surface area (Å²) < 4.78 is 13.2. The average Bonchev–Trinajstić information content (AvgIpc) is 2.09. The quantitative estimate of drug-likeness (QED) is 0.705. The zero-order valence-corrected chi connectivity index (χ0v) is 7.45. The Kier molecular flexibility index (Phi) is 2.42. The van der Waals surface area contributed by atoms with Crippen LogP contribution in [0.25, 0.3) is 0 Å². The number of carboxylic acid groups (broad SMARTS) is 2. The van der Waals surface area contributed by atoms with Gasteiger partial charge in [-0.15, -0.1) is 0 Å². The summed E-state index contributed by atoms with van der Waals surface area (Å²) in [5, 5.41) is 17.4. The number of hydrogen-bond acceptors (Lipinski definition) is 2. The maximum atomic E-state index is 13.2. The molecule has 1 atom stereocenters. The van der Waals surface area contributed by atoms with E-state index in [-0.39, 0.29) is 12.0 Å². The van der Waals surface area contributed by atoms with E-state index < -0.39 is 23.2 Å². The van der Waals surface area contributed by atoms with E-state index in [1.807, 2.05) is 0 Å². The smallest absolute Gasteiger partial charge is 0.331 e. The topological polar surface area (TPSA) is 74.6 Å². The molecule has 1 unspecified atom stereocenters. The fraction of sp³-hybridized carbons (Fsp3) is 0.333. The number of carboxylic acids is 2. The van der Waals surface area contributed by atoms with Gasteiger partial charge >= 0.3 is 11.9 Å². The van der Waals surface area contributed by atoms with E-state index in [0.29, 0.717) is 0 Å². The van der Waals surface area contributed by atoms with Gasteiger partial charge in [-0.2, -0.15) is 0 Å². The minimum absolute atomic E-state index is 0.101. The molecule has 0 amide bonds. The lowest BCUT2D eigenvalue weighted by Gasteiger charge is -2.25. The van der Waals surface area contributed by atoms with Crippen LogP contribution in [-0.2, 0) is 9.59 Å². The maximum Gasteiger partial charge on any atom is 0.331 e. The summed E-state index contributed by atoms with van der Waals surface area (Å²) in [5.74, 6) is -3.41. The van der Waals surface area contributed by atoms with Gasteiger partial charge in [-0.1, -0.05) is 0 Å². The van der Waals surface area contributed by atoms with Crippen LogP contribution < -0.4 is 0 Å². The third-order valence-corrected chi connectivity index (χ3v) is 2.25. The highest BCUT2D eigenvalue weighted by Crippen LogP contribution is 2.38. The SMILES string of the molecule is CC1(C(=O)O)CC(C(=O)O)=CC=C1F. The zero-order chi connectivity index (χ0) is 10.9. The summed E-state index contributed by atoms with van der Waals surface area (Å²) in [7, 11) is 0. The Morgan fingerprint density at radius 1 is 1.43 bits per heavy atom. The van der Waals surface area contributed by atoms with E-state index in [1.165, 1.54) is 0 Å². The lowest BCUT2D eigenvalue weighted by Crippen LogP contribution is -2.31. The second-order valence-electron chi connectivity index (χ2n) is 3.33. The molecular weight excluding hydrogens is 191 g/mol. The second kappa shape index (κ2) is 3.25. The molecule has 0 fully saturated rings. The van der Waals surface area contributed by atoms with Crippen molar-refractivity contribution in [3.63, 3.8) is 0 Å². The molecule has 76 valence electrons. The van der Waals surface area contributed by atoms with Crippen LogP contribution in [0.2, 0.25) is 0 Å². The van der Waals surface area contributed by atoms with Crippen molar-refractivity contribution in [2.45, 2.75) is 13.3 Å². The minimum Gasteiger partial charge on any atom is -0.481 e. The van der Waals surface area contributed by atoms with Gasteiger partial charge in [0.05, 0.1) is 0 Å². The lowest BCUT2D eigenvalue weighted by molar-refractivity contribution is -0.146. The van der Waals surface area contributed by atoms with Crippen LogP contribution >= 0.6 is 0 Å². The van der Waals surface area contributed by atoms with E-state index in [9.17, 15) is 14.0 Å². The van der Waals surface area contributed by atoms with Crippen LogP contribution in [0.15, 0.2) is 23.6 Å². The molecule has 1 aliphatic rings. The van der Waals surface area contributed by atoms with Gasteiger partial charge < -0.3 is 10.2 Å². The van der Waals surface area contributed by atoms with Crippen molar-refractivity contribution in [3.05, 3.63) is 23.6 Å². The third kappa shape index (κ3) is 1.53. The van der Waals surface area contributed by atoms with E-state index in [1.54, 1.807) is 0 Å². The van der Waals surface area contributed by atoms with Gasteiger partial charge in [0, 0.05) is 12.0 Å². The first-order chi connectivity index (χ1) is 6.38. The molecule has 0 heterocycles. The number of aliphatic carboxylic acids is 2. The van der Waals surface area contributed by atoms with Gasteiger partial charge in [-0.3, -0.25) is 4.79 Å². The summed E-state index contributed by atoms with van der Waals surface area (Å²) in [6.45, 7) is 1.16. The Labute approximate surface area is 79.4 Å². The predicted octanol–water partition coefficient (Wildman–Crippen LogP) is 1.35. The fourth-order valence-electron chi connectivity index (χ4n) is 1.21. The van der Waals surface area contributed by atoms with Crippen molar-refractivity contribution in [1.82, 2.24) is 0 Å². The number of hydrogen-bond donors (Lipinski definition) is 2. The standard InChI is InChI=1S/C9H9FO4/c1-9(8(13)14)4-5(7(11)12)2-3-6(9)10/h2-3H,4H2,1H3,(H,11,12)(H,13,14). The molecular formula is C9H9FO4. The molecule has 1 aliphatic carbocycles. The number of rotatable bonds is 2. The molecule has 0 aliphatic heterocycles. The van der Waals surface area contributed by atoms with Gasteiger partial charge in [0.2, 0.25) is 0 Å². The highest BCUT2D eigenvalue weighted by molar-refractivity contribution is 5.90. The summed E-state index contributed by atoms with van der Waals surface area (Å²) >= 11 is 0. The average molecular weight is 200 g/mol. The molecule has 0 radical (unpaired) electrons. The van der Waals surface area contributed by atoms with Crippen LogP contribution in [0.5, 0.6) is 0 Å². The van der Waals surface area contributed by atoms with Crippen molar-refractivity contribution in [2.24, 2.45) is 5.41 Å². The van der Waals surface area contributed by atoms with Crippen LogP contribution in [0, 0.1) is 5.41 Å². The Morgan fingerprint density at radius 3 is 2.43 bits per heavy atom. The van der Waals surface area contributed by atoms with E-state index in [0.717, 1.165) is 19.1 Å². The highest BCUT2D eigenvalue weighted by Gasteiger charge is 2.41. The molecule has 0 aromatic heterocycles. The summed E-state index contributed by atoms with van der Waals surface area (Å²) in [5.41, 5.74) is -1.85. The van der Waals surface area contributed by atoms with Gasteiger partial charge in [0.1, 0.15) is 11.2 Å². The monoisotopic (exact) mass is 200 g/mol. The molecule has 14 heavy (non-hydrogen) atoms. The fourth-order valence-corrected chi connectivity index (χ4v) is 1.21.